The standard InChI is InChI=1S/C14H17N3/c1-11-4-3-5-13(8-11)6-7-16-14-10-15-9-12(2)17-14/h3-5,8-10H,6-7H2,1-2H3,(H,16,17). The zero-order valence-corrected chi connectivity index (χ0v) is 10.3. The van der Waals surface area contributed by atoms with Crippen molar-refractivity contribution in [2.45, 2.75) is 20.3 Å². The van der Waals surface area contributed by atoms with Crippen molar-refractivity contribution in [2.75, 3.05) is 11.9 Å². The lowest BCUT2D eigenvalue weighted by Crippen LogP contribution is -2.07. The molecule has 88 valence electrons. The van der Waals surface area contributed by atoms with Crippen molar-refractivity contribution < 1.29 is 0 Å². The van der Waals surface area contributed by atoms with Crippen LogP contribution >= 0.6 is 0 Å². The molecule has 17 heavy (non-hydrogen) atoms. The first kappa shape index (κ1) is 11.6. The summed E-state index contributed by atoms with van der Waals surface area (Å²) in [6.45, 7) is 4.93. The van der Waals surface area contributed by atoms with E-state index in [-0.39, 0.29) is 0 Å². The molecule has 0 aliphatic carbocycles. The summed E-state index contributed by atoms with van der Waals surface area (Å²) in [6, 6.07) is 8.57. The number of nitrogens with one attached hydrogen (secondary N) is 1. The number of aryl methyl sites for hydroxylation is 2. The Morgan fingerprint density at radius 2 is 2.06 bits per heavy atom. The van der Waals surface area contributed by atoms with E-state index in [0.29, 0.717) is 0 Å². The minimum Gasteiger partial charge on any atom is -0.368 e. The number of anilines is 1. The first-order valence-corrected chi connectivity index (χ1v) is 5.82. The van der Waals surface area contributed by atoms with Crippen molar-refractivity contribution in [1.82, 2.24) is 9.97 Å². The van der Waals surface area contributed by atoms with E-state index < -0.39 is 0 Å². The molecule has 0 saturated carbocycles. The number of aromatic nitrogens is 2. The van der Waals surface area contributed by atoms with Crippen LogP contribution in [-0.4, -0.2) is 16.5 Å². The second kappa shape index (κ2) is 5.43. The molecule has 1 N–H and O–H groups in total. The van der Waals surface area contributed by atoms with Crippen LogP contribution in [0.15, 0.2) is 36.7 Å². The topological polar surface area (TPSA) is 37.8 Å². The third kappa shape index (κ3) is 3.55. The Morgan fingerprint density at radius 1 is 1.18 bits per heavy atom. The summed E-state index contributed by atoms with van der Waals surface area (Å²) in [5.41, 5.74) is 3.58. The fraction of sp³-hybridized carbons (Fsp3) is 0.286. The molecule has 0 amide bonds. The average Bonchev–Trinajstić information content (AvgIpc) is 2.29. The minimum absolute atomic E-state index is 0.845. The van der Waals surface area contributed by atoms with Crippen LogP contribution < -0.4 is 5.32 Å². The molecule has 1 aromatic carbocycles. The third-order valence-electron chi connectivity index (χ3n) is 2.56. The molecule has 0 saturated heterocycles. The van der Waals surface area contributed by atoms with Crippen LogP contribution in [-0.2, 0) is 6.42 Å². The summed E-state index contributed by atoms with van der Waals surface area (Å²) >= 11 is 0. The molecule has 0 radical (unpaired) electrons. The molecule has 0 aliphatic heterocycles. The second-order valence-corrected chi connectivity index (χ2v) is 4.21. The maximum Gasteiger partial charge on any atom is 0.144 e. The molecule has 0 aliphatic rings. The van der Waals surface area contributed by atoms with E-state index in [1.807, 2.05) is 6.92 Å². The summed E-state index contributed by atoms with van der Waals surface area (Å²) in [4.78, 5) is 8.45. The second-order valence-electron chi connectivity index (χ2n) is 4.21. The molecule has 3 nitrogen and oxygen atoms in total. The Bertz CT molecular complexity index is 449. The van der Waals surface area contributed by atoms with Gasteiger partial charge in [0.05, 0.1) is 11.9 Å². The van der Waals surface area contributed by atoms with Gasteiger partial charge >= 0.3 is 0 Å². The summed E-state index contributed by atoms with van der Waals surface area (Å²) in [7, 11) is 0. The number of benzene rings is 1. The Kier molecular flexibility index (Phi) is 3.70. The lowest BCUT2D eigenvalue weighted by molar-refractivity contribution is 0.988. The summed E-state index contributed by atoms with van der Waals surface area (Å²) in [6.07, 6.45) is 4.51. The van der Waals surface area contributed by atoms with E-state index in [1.165, 1.54) is 11.1 Å². The van der Waals surface area contributed by atoms with Crippen LogP contribution in [0.3, 0.4) is 0 Å². The van der Waals surface area contributed by atoms with Gasteiger partial charge < -0.3 is 5.32 Å². The predicted octanol–water partition coefficient (Wildman–Crippen LogP) is 2.75. The minimum atomic E-state index is 0.845. The van der Waals surface area contributed by atoms with Gasteiger partial charge in [-0.15, -0.1) is 0 Å². The Labute approximate surface area is 102 Å². The predicted molar refractivity (Wildman–Crippen MR) is 70.1 cm³/mol. The SMILES string of the molecule is Cc1cccc(CCNc2cncc(C)n2)c1. The van der Waals surface area contributed by atoms with Crippen LogP contribution in [0.5, 0.6) is 0 Å². The van der Waals surface area contributed by atoms with E-state index in [1.54, 1.807) is 12.4 Å². The highest BCUT2D eigenvalue weighted by Gasteiger charge is 1.96. The van der Waals surface area contributed by atoms with Crippen molar-refractivity contribution in [1.29, 1.82) is 0 Å². The fourth-order valence-corrected chi connectivity index (χ4v) is 1.75. The van der Waals surface area contributed by atoms with Gasteiger partial charge in [-0.2, -0.15) is 0 Å². The number of nitrogens with zero attached hydrogens (tertiary/aromatic N) is 2. The fourth-order valence-electron chi connectivity index (χ4n) is 1.75. The molecule has 3 heteroatoms. The lowest BCUT2D eigenvalue weighted by Gasteiger charge is -2.06. The van der Waals surface area contributed by atoms with Crippen molar-refractivity contribution in [3.63, 3.8) is 0 Å². The van der Waals surface area contributed by atoms with Gasteiger partial charge in [0.1, 0.15) is 5.82 Å². The summed E-state index contributed by atoms with van der Waals surface area (Å²) in [5, 5.41) is 3.28. The van der Waals surface area contributed by atoms with Gasteiger partial charge in [0.15, 0.2) is 0 Å². The van der Waals surface area contributed by atoms with Gasteiger partial charge in [-0.05, 0) is 25.8 Å². The van der Waals surface area contributed by atoms with Gasteiger partial charge in [-0.1, -0.05) is 29.8 Å². The molecule has 0 fully saturated rings. The molecular formula is C14H17N3. The smallest absolute Gasteiger partial charge is 0.144 e. The largest absolute Gasteiger partial charge is 0.368 e. The maximum atomic E-state index is 4.35. The van der Waals surface area contributed by atoms with E-state index >= 15 is 0 Å². The highest BCUT2D eigenvalue weighted by molar-refractivity contribution is 5.32. The van der Waals surface area contributed by atoms with E-state index in [0.717, 1.165) is 24.5 Å². The maximum absolute atomic E-state index is 4.35. The monoisotopic (exact) mass is 227 g/mol. The van der Waals surface area contributed by atoms with Gasteiger partial charge in [-0.3, -0.25) is 4.98 Å². The van der Waals surface area contributed by atoms with Gasteiger partial charge in [0.25, 0.3) is 0 Å². The van der Waals surface area contributed by atoms with Crippen LogP contribution in [0.2, 0.25) is 0 Å². The zero-order valence-electron chi connectivity index (χ0n) is 10.3. The normalized spacial score (nSPS) is 10.2. The number of hydrogen-bond acceptors (Lipinski definition) is 3. The van der Waals surface area contributed by atoms with Crippen molar-refractivity contribution in [2.24, 2.45) is 0 Å². The van der Waals surface area contributed by atoms with Crippen molar-refractivity contribution >= 4 is 5.82 Å². The first-order chi connectivity index (χ1) is 8.24. The molecule has 2 rings (SSSR count). The average molecular weight is 227 g/mol. The molecule has 0 bridgehead atoms. The Balaban J connectivity index is 1.87. The molecule has 0 unspecified atom stereocenters. The number of hydrogen-bond donors (Lipinski definition) is 1. The Hall–Kier alpha value is -1.90. The Morgan fingerprint density at radius 3 is 2.82 bits per heavy atom. The molecule has 1 heterocycles. The molecule has 0 atom stereocenters. The van der Waals surface area contributed by atoms with E-state index in [4.69, 9.17) is 0 Å². The van der Waals surface area contributed by atoms with E-state index in [2.05, 4.69) is 46.5 Å². The van der Waals surface area contributed by atoms with Gasteiger partial charge in [0, 0.05) is 12.7 Å². The molecule has 0 spiro atoms. The van der Waals surface area contributed by atoms with Crippen molar-refractivity contribution in [3.8, 4) is 0 Å². The van der Waals surface area contributed by atoms with Crippen LogP contribution in [0.25, 0.3) is 0 Å². The third-order valence-corrected chi connectivity index (χ3v) is 2.56. The number of rotatable bonds is 4. The zero-order chi connectivity index (χ0) is 12.1. The van der Waals surface area contributed by atoms with E-state index in [9.17, 15) is 0 Å². The summed E-state index contributed by atoms with van der Waals surface area (Å²) < 4.78 is 0. The van der Waals surface area contributed by atoms with Gasteiger partial charge in [0.2, 0.25) is 0 Å². The van der Waals surface area contributed by atoms with Crippen LogP contribution in [0, 0.1) is 13.8 Å². The van der Waals surface area contributed by atoms with Crippen molar-refractivity contribution in [3.05, 3.63) is 53.5 Å². The molecular weight excluding hydrogens is 210 g/mol. The summed E-state index contributed by atoms with van der Waals surface area (Å²) in [5.74, 6) is 0.845. The van der Waals surface area contributed by atoms with Crippen LogP contribution in [0.1, 0.15) is 16.8 Å². The first-order valence-electron chi connectivity index (χ1n) is 5.82. The quantitative estimate of drug-likeness (QED) is 0.872. The molecule has 2 aromatic rings. The van der Waals surface area contributed by atoms with Gasteiger partial charge in [-0.25, -0.2) is 4.98 Å². The van der Waals surface area contributed by atoms with Crippen LogP contribution in [0.4, 0.5) is 5.82 Å². The lowest BCUT2D eigenvalue weighted by atomic mass is 10.1. The molecule has 1 aromatic heterocycles. The highest BCUT2D eigenvalue weighted by atomic mass is 15.0. The highest BCUT2D eigenvalue weighted by Crippen LogP contribution is 2.06.